The van der Waals surface area contributed by atoms with Gasteiger partial charge in [0.2, 0.25) is 11.8 Å². The summed E-state index contributed by atoms with van der Waals surface area (Å²) in [7, 11) is 0. The molecule has 2 fully saturated rings. The summed E-state index contributed by atoms with van der Waals surface area (Å²) >= 11 is 1.33. The fourth-order valence-corrected chi connectivity index (χ4v) is 4.36. The van der Waals surface area contributed by atoms with Gasteiger partial charge in [0.25, 0.3) is 0 Å². The third-order valence-electron chi connectivity index (χ3n) is 4.90. The maximum absolute atomic E-state index is 13.8. The van der Waals surface area contributed by atoms with Gasteiger partial charge in [-0.05, 0) is 31.7 Å². The predicted octanol–water partition coefficient (Wildman–Crippen LogP) is 4.22. The summed E-state index contributed by atoms with van der Waals surface area (Å²) in [6.07, 6.45) is 4.07. The molecule has 1 aromatic carbocycles. The molecule has 5 rings (SSSR count). The molecule has 1 saturated carbocycles. The summed E-state index contributed by atoms with van der Waals surface area (Å²) in [5.74, 6) is 1.08. The van der Waals surface area contributed by atoms with Crippen LogP contribution >= 0.6 is 11.3 Å². The lowest BCUT2D eigenvalue weighted by Gasteiger charge is -2.30. The Labute approximate surface area is 146 Å². The van der Waals surface area contributed by atoms with E-state index in [1.54, 1.807) is 0 Å². The standard InChI is InChI=1S/C17H16F2N4OS/c18-11-7-12(19)14-13(8-11)25-17(20-14)23-5-3-10(4-6-23)16-22-21-15(24-16)9-1-2-9/h7-10H,1-6H2. The van der Waals surface area contributed by atoms with Crippen molar-refractivity contribution >= 4 is 26.7 Å². The summed E-state index contributed by atoms with van der Waals surface area (Å²) < 4.78 is 33.6. The third-order valence-corrected chi connectivity index (χ3v) is 5.96. The zero-order valence-corrected chi connectivity index (χ0v) is 14.2. The van der Waals surface area contributed by atoms with Crippen LogP contribution in [0.25, 0.3) is 10.2 Å². The van der Waals surface area contributed by atoms with Crippen molar-refractivity contribution < 1.29 is 13.2 Å². The van der Waals surface area contributed by atoms with E-state index in [4.69, 9.17) is 4.42 Å². The van der Waals surface area contributed by atoms with E-state index in [2.05, 4.69) is 20.1 Å². The van der Waals surface area contributed by atoms with Gasteiger partial charge in [0.15, 0.2) is 10.9 Å². The van der Waals surface area contributed by atoms with Gasteiger partial charge in [-0.25, -0.2) is 13.8 Å². The van der Waals surface area contributed by atoms with E-state index in [-0.39, 0.29) is 11.4 Å². The average molecular weight is 362 g/mol. The average Bonchev–Trinajstić information content (AvgIpc) is 3.18. The van der Waals surface area contributed by atoms with Crippen LogP contribution in [0.5, 0.6) is 0 Å². The molecule has 3 aromatic rings. The molecule has 0 amide bonds. The molecule has 1 aliphatic heterocycles. The Bertz CT molecular complexity index is 928. The number of halogens is 2. The molecule has 25 heavy (non-hydrogen) atoms. The van der Waals surface area contributed by atoms with Crippen LogP contribution in [-0.4, -0.2) is 28.3 Å². The SMILES string of the molecule is Fc1cc(F)c2nc(N3CCC(c4nnc(C5CC5)o4)CC3)sc2c1. The molecule has 1 saturated heterocycles. The first kappa shape index (κ1) is 15.2. The van der Waals surface area contributed by atoms with Gasteiger partial charge in [0.1, 0.15) is 11.3 Å². The quantitative estimate of drug-likeness (QED) is 0.698. The minimum atomic E-state index is -0.606. The van der Waals surface area contributed by atoms with Gasteiger partial charge < -0.3 is 9.32 Å². The van der Waals surface area contributed by atoms with Crippen LogP contribution in [0, 0.1) is 11.6 Å². The highest BCUT2D eigenvalue weighted by atomic mass is 32.1. The van der Waals surface area contributed by atoms with E-state index in [0.29, 0.717) is 10.6 Å². The summed E-state index contributed by atoms with van der Waals surface area (Å²) in [6, 6.07) is 2.22. The van der Waals surface area contributed by atoms with Crippen LogP contribution in [0.4, 0.5) is 13.9 Å². The van der Waals surface area contributed by atoms with Gasteiger partial charge in [-0.1, -0.05) is 11.3 Å². The summed E-state index contributed by atoms with van der Waals surface area (Å²) in [4.78, 5) is 6.48. The number of fused-ring (bicyclic) bond motifs is 1. The highest BCUT2D eigenvalue weighted by Crippen LogP contribution is 2.40. The molecule has 3 heterocycles. The van der Waals surface area contributed by atoms with E-state index in [1.807, 2.05) is 0 Å². The van der Waals surface area contributed by atoms with Crippen molar-refractivity contribution in [2.24, 2.45) is 0 Å². The highest BCUT2D eigenvalue weighted by molar-refractivity contribution is 7.22. The number of piperidine rings is 1. The second kappa shape index (κ2) is 5.72. The molecule has 0 N–H and O–H groups in total. The Hall–Kier alpha value is -2.09. The number of hydrogen-bond acceptors (Lipinski definition) is 6. The molecule has 0 spiro atoms. The fraction of sp³-hybridized carbons (Fsp3) is 0.471. The Kier molecular flexibility index (Phi) is 3.48. The number of thiazole rings is 1. The minimum Gasteiger partial charge on any atom is -0.425 e. The largest absolute Gasteiger partial charge is 0.425 e. The first-order chi connectivity index (χ1) is 12.2. The summed E-state index contributed by atoms with van der Waals surface area (Å²) in [5.41, 5.74) is 0.245. The Morgan fingerprint density at radius 1 is 1.00 bits per heavy atom. The first-order valence-corrected chi connectivity index (χ1v) is 9.33. The molecule has 2 aliphatic rings. The van der Waals surface area contributed by atoms with Gasteiger partial charge in [0, 0.05) is 31.0 Å². The van der Waals surface area contributed by atoms with E-state index >= 15 is 0 Å². The molecule has 130 valence electrons. The van der Waals surface area contributed by atoms with Crippen molar-refractivity contribution in [1.82, 2.24) is 15.2 Å². The number of aromatic nitrogens is 3. The molecule has 0 bridgehead atoms. The van der Waals surface area contributed by atoms with Crippen LogP contribution in [0.2, 0.25) is 0 Å². The summed E-state index contributed by atoms with van der Waals surface area (Å²) in [6.45, 7) is 1.57. The molecular formula is C17H16F2N4OS. The summed E-state index contributed by atoms with van der Waals surface area (Å²) in [5, 5.41) is 9.11. The number of nitrogens with zero attached hydrogens (tertiary/aromatic N) is 4. The van der Waals surface area contributed by atoms with Crippen molar-refractivity contribution in [1.29, 1.82) is 0 Å². The molecule has 0 radical (unpaired) electrons. The molecular weight excluding hydrogens is 346 g/mol. The van der Waals surface area contributed by atoms with Gasteiger partial charge in [-0.3, -0.25) is 0 Å². The molecule has 0 unspecified atom stereocenters. The fourth-order valence-electron chi connectivity index (χ4n) is 3.31. The van der Waals surface area contributed by atoms with Crippen LogP contribution in [0.3, 0.4) is 0 Å². The second-order valence-electron chi connectivity index (χ2n) is 6.74. The van der Waals surface area contributed by atoms with Gasteiger partial charge in [-0.15, -0.1) is 10.2 Å². The van der Waals surface area contributed by atoms with E-state index in [0.717, 1.165) is 61.8 Å². The highest BCUT2D eigenvalue weighted by Gasteiger charge is 2.32. The normalized spacial score (nSPS) is 19.0. The molecule has 2 aromatic heterocycles. The topological polar surface area (TPSA) is 55.1 Å². The molecule has 1 aliphatic carbocycles. The monoisotopic (exact) mass is 362 g/mol. The van der Waals surface area contributed by atoms with Crippen molar-refractivity contribution in [2.75, 3.05) is 18.0 Å². The number of anilines is 1. The van der Waals surface area contributed by atoms with Crippen molar-refractivity contribution in [3.05, 3.63) is 35.5 Å². The Morgan fingerprint density at radius 3 is 2.36 bits per heavy atom. The number of hydrogen-bond donors (Lipinski definition) is 0. The maximum atomic E-state index is 13.8. The van der Waals surface area contributed by atoms with Crippen molar-refractivity contribution in [2.45, 2.75) is 37.5 Å². The second-order valence-corrected chi connectivity index (χ2v) is 7.75. The van der Waals surface area contributed by atoms with Gasteiger partial charge in [-0.2, -0.15) is 0 Å². The first-order valence-electron chi connectivity index (χ1n) is 8.51. The van der Waals surface area contributed by atoms with Crippen molar-refractivity contribution in [3.8, 4) is 0 Å². The lowest BCUT2D eigenvalue weighted by atomic mass is 9.97. The maximum Gasteiger partial charge on any atom is 0.219 e. The minimum absolute atomic E-state index is 0.245. The van der Waals surface area contributed by atoms with Crippen LogP contribution in [0.1, 0.15) is 49.3 Å². The number of rotatable bonds is 3. The third kappa shape index (κ3) is 2.78. The Balaban J connectivity index is 1.31. The molecule has 8 heteroatoms. The number of benzene rings is 1. The van der Waals surface area contributed by atoms with E-state index in [1.165, 1.54) is 17.4 Å². The van der Waals surface area contributed by atoms with Crippen molar-refractivity contribution in [3.63, 3.8) is 0 Å². The molecule has 5 nitrogen and oxygen atoms in total. The Morgan fingerprint density at radius 2 is 1.68 bits per heavy atom. The smallest absolute Gasteiger partial charge is 0.219 e. The van der Waals surface area contributed by atoms with E-state index < -0.39 is 11.6 Å². The van der Waals surface area contributed by atoms with Crippen LogP contribution in [0.15, 0.2) is 16.5 Å². The van der Waals surface area contributed by atoms with Gasteiger partial charge in [0.05, 0.1) is 4.70 Å². The lowest BCUT2D eigenvalue weighted by Crippen LogP contribution is -2.32. The predicted molar refractivity (Wildman–Crippen MR) is 90.0 cm³/mol. The van der Waals surface area contributed by atoms with E-state index in [9.17, 15) is 8.78 Å². The van der Waals surface area contributed by atoms with Crippen LogP contribution < -0.4 is 4.90 Å². The zero-order valence-electron chi connectivity index (χ0n) is 13.4. The molecule has 0 atom stereocenters. The van der Waals surface area contributed by atoms with Gasteiger partial charge >= 0.3 is 0 Å². The lowest BCUT2D eigenvalue weighted by molar-refractivity contribution is 0.376. The zero-order chi connectivity index (χ0) is 17.0. The van der Waals surface area contributed by atoms with Crippen LogP contribution in [-0.2, 0) is 0 Å².